The molecule has 0 spiro atoms. The number of carbonyl (C=O) groups excluding carboxylic acids is 1. The van der Waals surface area contributed by atoms with Crippen LogP contribution in [-0.4, -0.2) is 53.4 Å². The Morgan fingerprint density at radius 1 is 1.25 bits per heavy atom. The highest BCUT2D eigenvalue weighted by Crippen LogP contribution is 2.22. The molecule has 150 valence electrons. The largest absolute Gasteiger partial charge is 0.372 e. The van der Waals surface area contributed by atoms with E-state index < -0.39 is 0 Å². The zero-order valence-electron chi connectivity index (χ0n) is 16.9. The van der Waals surface area contributed by atoms with Crippen LogP contribution in [0.2, 0.25) is 0 Å². The van der Waals surface area contributed by atoms with Crippen LogP contribution in [-0.2, 0) is 6.54 Å². The molecule has 0 saturated carbocycles. The summed E-state index contributed by atoms with van der Waals surface area (Å²) in [6, 6.07) is 10.6. The van der Waals surface area contributed by atoms with Crippen molar-refractivity contribution < 1.29 is 9.18 Å². The Hall–Kier alpha value is -2.47. The van der Waals surface area contributed by atoms with Crippen LogP contribution in [0.4, 0.5) is 10.2 Å². The van der Waals surface area contributed by atoms with Crippen LogP contribution >= 0.6 is 0 Å². The topological polar surface area (TPSA) is 48.5 Å². The number of pyridine rings is 1. The van der Waals surface area contributed by atoms with E-state index in [1.54, 1.807) is 19.3 Å². The first-order chi connectivity index (χ1) is 13.5. The number of aromatic nitrogens is 1. The number of nitrogens with one attached hydrogen (secondary N) is 1. The summed E-state index contributed by atoms with van der Waals surface area (Å²) in [5, 5.41) is 3.01. The van der Waals surface area contributed by atoms with E-state index in [9.17, 15) is 9.18 Å². The fourth-order valence-electron chi connectivity index (χ4n) is 3.85. The smallest absolute Gasteiger partial charge is 0.257 e. The van der Waals surface area contributed by atoms with Gasteiger partial charge in [0.15, 0.2) is 0 Å². The van der Waals surface area contributed by atoms with Gasteiger partial charge >= 0.3 is 0 Å². The number of hydrogen-bond acceptors (Lipinski definition) is 4. The first-order valence-electron chi connectivity index (χ1n) is 9.90. The lowest BCUT2D eigenvalue weighted by atomic mass is 10.0. The second kappa shape index (κ2) is 9.15. The van der Waals surface area contributed by atoms with E-state index in [1.807, 2.05) is 23.1 Å². The summed E-state index contributed by atoms with van der Waals surface area (Å²) in [7, 11) is 1.78. The molecule has 1 saturated heterocycles. The number of carbonyl (C=O) groups is 1. The molecule has 1 atom stereocenters. The fraction of sp³-hybridized carbons (Fsp3) is 0.455. The summed E-state index contributed by atoms with van der Waals surface area (Å²) in [4.78, 5) is 21.8. The van der Waals surface area contributed by atoms with Gasteiger partial charge in [-0.1, -0.05) is 26.0 Å². The molecule has 1 amide bonds. The molecule has 1 fully saturated rings. The molecule has 2 aromatic rings. The summed E-state index contributed by atoms with van der Waals surface area (Å²) in [5.74, 6) is 0.813. The lowest BCUT2D eigenvalue weighted by Crippen LogP contribution is -2.45. The molecule has 1 N–H and O–H groups in total. The molecule has 6 heteroatoms. The normalized spacial score (nSPS) is 18.2. The maximum absolute atomic E-state index is 13.2. The van der Waals surface area contributed by atoms with Crippen LogP contribution < -0.4 is 5.32 Å². The van der Waals surface area contributed by atoms with E-state index in [1.165, 1.54) is 12.1 Å². The third-order valence-electron chi connectivity index (χ3n) is 5.38. The minimum absolute atomic E-state index is 0.0201. The summed E-state index contributed by atoms with van der Waals surface area (Å²) in [6.45, 7) is 7.46. The van der Waals surface area contributed by atoms with E-state index in [0.717, 1.165) is 31.6 Å². The summed E-state index contributed by atoms with van der Waals surface area (Å²) in [5.41, 5.74) is 1.70. The highest BCUT2D eigenvalue weighted by atomic mass is 19.1. The average Bonchev–Trinajstić information content (AvgIpc) is 2.92. The van der Waals surface area contributed by atoms with Gasteiger partial charge in [-0.3, -0.25) is 9.69 Å². The van der Waals surface area contributed by atoms with Gasteiger partial charge in [-0.05, 0) is 42.2 Å². The van der Waals surface area contributed by atoms with Crippen molar-refractivity contribution in [2.75, 3.05) is 32.0 Å². The summed E-state index contributed by atoms with van der Waals surface area (Å²) >= 11 is 0. The molecule has 1 aromatic carbocycles. The molecule has 0 radical (unpaired) electrons. The minimum Gasteiger partial charge on any atom is -0.372 e. The quantitative estimate of drug-likeness (QED) is 0.855. The molecule has 1 aliphatic rings. The Kier molecular flexibility index (Phi) is 6.62. The van der Waals surface area contributed by atoms with E-state index >= 15 is 0 Å². The predicted octanol–water partition coefficient (Wildman–Crippen LogP) is 3.64. The number of anilines is 1. The average molecular weight is 384 g/mol. The molecular formula is C22H29FN4O. The highest BCUT2D eigenvalue weighted by molar-refractivity contribution is 5.98. The third kappa shape index (κ3) is 4.68. The zero-order chi connectivity index (χ0) is 20.1. The molecule has 2 heterocycles. The SMILES string of the molecule is CNc1ncccc1C(=O)N1CCCN(Cc2ccc(F)cc2)[C@@H](C(C)C)C1. The van der Waals surface area contributed by atoms with Gasteiger partial charge in [-0.15, -0.1) is 0 Å². The standard InChI is InChI=1S/C22H29FN4O/c1-16(2)20-15-27(22(28)19-6-4-11-25-21(19)24-3)13-5-12-26(20)14-17-7-9-18(23)10-8-17/h4,6-11,16,20H,5,12-15H2,1-3H3,(H,24,25)/t20-/m1/s1. The van der Waals surface area contributed by atoms with Crippen LogP contribution in [0.15, 0.2) is 42.6 Å². The lowest BCUT2D eigenvalue weighted by molar-refractivity contribution is 0.0703. The summed E-state index contributed by atoms with van der Waals surface area (Å²) in [6.07, 6.45) is 2.59. The van der Waals surface area contributed by atoms with Gasteiger partial charge in [0.1, 0.15) is 11.6 Å². The number of hydrogen-bond donors (Lipinski definition) is 1. The van der Waals surface area contributed by atoms with Gasteiger partial charge in [0.25, 0.3) is 5.91 Å². The van der Waals surface area contributed by atoms with E-state index in [2.05, 4.69) is 29.0 Å². The molecule has 28 heavy (non-hydrogen) atoms. The maximum Gasteiger partial charge on any atom is 0.257 e. The first kappa shape index (κ1) is 20.3. The van der Waals surface area contributed by atoms with Gasteiger partial charge in [0.2, 0.25) is 0 Å². The molecule has 0 bridgehead atoms. The minimum atomic E-state index is -0.214. The van der Waals surface area contributed by atoms with Gasteiger partial charge in [-0.25, -0.2) is 9.37 Å². The second-order valence-electron chi connectivity index (χ2n) is 7.66. The fourth-order valence-corrected chi connectivity index (χ4v) is 3.85. The van der Waals surface area contributed by atoms with Crippen molar-refractivity contribution in [2.45, 2.75) is 32.9 Å². The number of benzene rings is 1. The molecule has 3 rings (SSSR count). The van der Waals surface area contributed by atoms with E-state index in [0.29, 0.717) is 23.8 Å². The van der Waals surface area contributed by atoms with Gasteiger partial charge < -0.3 is 10.2 Å². The van der Waals surface area contributed by atoms with Crippen molar-refractivity contribution >= 4 is 11.7 Å². The van der Waals surface area contributed by atoms with Crippen LogP contribution in [0.25, 0.3) is 0 Å². The van der Waals surface area contributed by atoms with E-state index in [4.69, 9.17) is 0 Å². The second-order valence-corrected chi connectivity index (χ2v) is 7.66. The number of amides is 1. The Bertz CT molecular complexity index is 793. The van der Waals surface area contributed by atoms with Gasteiger partial charge in [0, 0.05) is 45.5 Å². The number of rotatable bonds is 5. The van der Waals surface area contributed by atoms with Gasteiger partial charge in [-0.2, -0.15) is 0 Å². The van der Waals surface area contributed by atoms with Crippen molar-refractivity contribution in [3.8, 4) is 0 Å². The summed E-state index contributed by atoms with van der Waals surface area (Å²) < 4.78 is 13.2. The van der Waals surface area contributed by atoms with Crippen molar-refractivity contribution in [1.29, 1.82) is 0 Å². The number of nitrogens with zero attached hydrogens (tertiary/aromatic N) is 3. The molecule has 0 unspecified atom stereocenters. The number of halogens is 1. The van der Waals surface area contributed by atoms with Crippen LogP contribution in [0.5, 0.6) is 0 Å². The maximum atomic E-state index is 13.2. The molecule has 5 nitrogen and oxygen atoms in total. The first-order valence-corrected chi connectivity index (χ1v) is 9.90. The van der Waals surface area contributed by atoms with Crippen molar-refractivity contribution in [1.82, 2.24) is 14.8 Å². The highest BCUT2D eigenvalue weighted by Gasteiger charge is 2.30. The van der Waals surface area contributed by atoms with E-state index in [-0.39, 0.29) is 17.8 Å². The predicted molar refractivity (Wildman–Crippen MR) is 110 cm³/mol. The molecule has 1 aliphatic heterocycles. The van der Waals surface area contributed by atoms with Crippen LogP contribution in [0.1, 0.15) is 36.2 Å². The molecule has 1 aromatic heterocycles. The molecule has 0 aliphatic carbocycles. The van der Waals surface area contributed by atoms with Crippen molar-refractivity contribution in [3.63, 3.8) is 0 Å². The Morgan fingerprint density at radius 2 is 2.00 bits per heavy atom. The van der Waals surface area contributed by atoms with Crippen molar-refractivity contribution in [3.05, 3.63) is 59.5 Å². The monoisotopic (exact) mass is 384 g/mol. The van der Waals surface area contributed by atoms with Crippen LogP contribution in [0.3, 0.4) is 0 Å². The van der Waals surface area contributed by atoms with Crippen LogP contribution in [0, 0.1) is 11.7 Å². The molecular weight excluding hydrogens is 355 g/mol. The van der Waals surface area contributed by atoms with Gasteiger partial charge in [0.05, 0.1) is 5.56 Å². The Balaban J connectivity index is 1.78. The zero-order valence-corrected chi connectivity index (χ0v) is 16.9. The Morgan fingerprint density at radius 3 is 2.68 bits per heavy atom. The third-order valence-corrected chi connectivity index (χ3v) is 5.38. The lowest BCUT2D eigenvalue weighted by Gasteiger charge is -2.34. The van der Waals surface area contributed by atoms with Crippen molar-refractivity contribution in [2.24, 2.45) is 5.92 Å². The Labute approximate surface area is 166 Å².